The molecule has 1 amide bonds. The maximum Gasteiger partial charge on any atom is 0.405 e. The lowest BCUT2D eigenvalue weighted by Crippen LogP contribution is -2.51. The summed E-state index contributed by atoms with van der Waals surface area (Å²) in [6.45, 7) is 5.17. The maximum atomic E-state index is 10.7. The number of hydrogen-bond acceptors (Lipinski definition) is 3. The highest BCUT2D eigenvalue weighted by molar-refractivity contribution is 5.65. The van der Waals surface area contributed by atoms with E-state index in [9.17, 15) is 4.79 Å². The predicted molar refractivity (Wildman–Crippen MR) is 85.9 cm³/mol. The Hall–Kier alpha value is -1.59. The molecule has 1 aromatic carbocycles. The zero-order valence-corrected chi connectivity index (χ0v) is 13.3. The Morgan fingerprint density at radius 1 is 1.27 bits per heavy atom. The van der Waals surface area contributed by atoms with Crippen LogP contribution in [0.1, 0.15) is 36.9 Å². The summed E-state index contributed by atoms with van der Waals surface area (Å²) in [5.41, 5.74) is 2.31. The third kappa shape index (κ3) is 3.25. The van der Waals surface area contributed by atoms with E-state index in [4.69, 9.17) is 5.11 Å². The number of amides is 1. The van der Waals surface area contributed by atoms with Crippen LogP contribution in [0, 0.1) is 0 Å². The number of carboxylic acid groups (broad SMARTS) is 1. The van der Waals surface area contributed by atoms with Crippen LogP contribution < -0.4 is 5.32 Å². The van der Waals surface area contributed by atoms with Crippen LogP contribution in [0.4, 0.5) is 4.79 Å². The highest BCUT2D eigenvalue weighted by atomic mass is 16.4. The van der Waals surface area contributed by atoms with Crippen molar-refractivity contribution in [2.75, 3.05) is 20.1 Å². The van der Waals surface area contributed by atoms with Gasteiger partial charge in [0.05, 0.1) is 6.04 Å². The van der Waals surface area contributed by atoms with Crippen molar-refractivity contribution in [2.45, 2.75) is 44.4 Å². The normalized spacial score (nSPS) is 26.8. The van der Waals surface area contributed by atoms with E-state index >= 15 is 0 Å². The monoisotopic (exact) mass is 303 g/mol. The Morgan fingerprint density at radius 2 is 1.86 bits per heavy atom. The van der Waals surface area contributed by atoms with E-state index < -0.39 is 6.09 Å². The Balaban J connectivity index is 1.59. The summed E-state index contributed by atoms with van der Waals surface area (Å²) in [6, 6.07) is 9.56. The summed E-state index contributed by atoms with van der Waals surface area (Å²) in [7, 11) is 2.26. The van der Waals surface area contributed by atoms with Crippen LogP contribution in [-0.4, -0.2) is 53.2 Å². The lowest BCUT2D eigenvalue weighted by Gasteiger charge is -2.39. The van der Waals surface area contributed by atoms with Gasteiger partial charge in [0.2, 0.25) is 0 Å². The van der Waals surface area contributed by atoms with Crippen LogP contribution in [-0.2, 0) is 6.54 Å². The van der Waals surface area contributed by atoms with Crippen molar-refractivity contribution in [3.8, 4) is 0 Å². The fraction of sp³-hybridized carbons (Fsp3) is 0.588. The first-order valence-corrected chi connectivity index (χ1v) is 8.05. The first-order valence-electron chi connectivity index (χ1n) is 8.05. The van der Waals surface area contributed by atoms with E-state index in [1.54, 1.807) is 0 Å². The quantitative estimate of drug-likeness (QED) is 0.896. The van der Waals surface area contributed by atoms with E-state index in [1.807, 2.05) is 19.1 Å². The number of carbonyl (C=O) groups is 1. The van der Waals surface area contributed by atoms with Gasteiger partial charge in [-0.25, -0.2) is 4.79 Å². The predicted octanol–water partition coefficient (Wildman–Crippen LogP) is 2.29. The molecule has 0 aromatic heterocycles. The molecule has 2 N–H and O–H groups in total. The van der Waals surface area contributed by atoms with Crippen molar-refractivity contribution in [2.24, 2.45) is 0 Å². The minimum absolute atomic E-state index is 0.175. The van der Waals surface area contributed by atoms with E-state index in [0.29, 0.717) is 0 Å². The topological polar surface area (TPSA) is 55.8 Å². The number of benzene rings is 1. The molecule has 120 valence electrons. The summed E-state index contributed by atoms with van der Waals surface area (Å²) < 4.78 is 0. The van der Waals surface area contributed by atoms with Crippen LogP contribution in [0.15, 0.2) is 24.3 Å². The smallest absolute Gasteiger partial charge is 0.405 e. The summed E-state index contributed by atoms with van der Waals surface area (Å²) in [6.07, 6.45) is 1.67. The molecule has 2 aliphatic rings. The third-order valence-electron chi connectivity index (χ3n) is 5.15. The molecule has 0 saturated carbocycles. The molecule has 2 heterocycles. The number of rotatable bonds is 4. The highest BCUT2D eigenvalue weighted by Crippen LogP contribution is 2.29. The van der Waals surface area contributed by atoms with Crippen molar-refractivity contribution in [1.82, 2.24) is 15.1 Å². The molecule has 0 aliphatic carbocycles. The maximum absolute atomic E-state index is 10.7. The van der Waals surface area contributed by atoms with Gasteiger partial charge in [-0.2, -0.15) is 0 Å². The summed E-state index contributed by atoms with van der Waals surface area (Å²) >= 11 is 0. The molecule has 2 bridgehead atoms. The van der Waals surface area contributed by atoms with E-state index in [1.165, 1.54) is 18.4 Å². The molecule has 3 unspecified atom stereocenters. The Morgan fingerprint density at radius 3 is 2.41 bits per heavy atom. The van der Waals surface area contributed by atoms with Gasteiger partial charge in [0, 0.05) is 31.7 Å². The number of piperazine rings is 1. The summed E-state index contributed by atoms with van der Waals surface area (Å²) in [5, 5.41) is 11.3. The second-order valence-corrected chi connectivity index (χ2v) is 6.66. The SMILES string of the molecule is CC(NC(=O)O)c1ccc(CN2CC3CCC(C2)N3C)cc1. The van der Waals surface area contributed by atoms with Gasteiger partial charge in [-0.1, -0.05) is 24.3 Å². The average molecular weight is 303 g/mol. The number of fused-ring (bicyclic) bond motifs is 2. The first kappa shape index (κ1) is 15.3. The molecule has 2 aliphatic heterocycles. The molecule has 0 radical (unpaired) electrons. The standard InChI is InChI=1S/C17H25N3O2/c1-12(18-17(21)22)14-5-3-13(4-6-14)9-20-10-15-7-8-16(11-20)19(15)2/h3-6,12,15-16,18H,7-11H2,1-2H3,(H,21,22). The minimum Gasteiger partial charge on any atom is -0.465 e. The highest BCUT2D eigenvalue weighted by Gasteiger charge is 2.37. The summed E-state index contributed by atoms with van der Waals surface area (Å²) in [5.74, 6) is 0. The molecule has 5 nitrogen and oxygen atoms in total. The van der Waals surface area contributed by atoms with Crippen LogP contribution in [0.25, 0.3) is 0 Å². The Kier molecular flexibility index (Phi) is 4.36. The van der Waals surface area contributed by atoms with Gasteiger partial charge in [-0.3, -0.25) is 9.80 Å². The minimum atomic E-state index is -0.982. The molecule has 0 spiro atoms. The molecule has 2 saturated heterocycles. The molecule has 1 aromatic rings. The number of hydrogen-bond donors (Lipinski definition) is 2. The second-order valence-electron chi connectivity index (χ2n) is 6.66. The van der Waals surface area contributed by atoms with Crippen LogP contribution in [0.5, 0.6) is 0 Å². The van der Waals surface area contributed by atoms with Gasteiger partial charge in [0.1, 0.15) is 0 Å². The zero-order valence-electron chi connectivity index (χ0n) is 13.3. The Labute approximate surface area is 131 Å². The molecular weight excluding hydrogens is 278 g/mol. The lowest BCUT2D eigenvalue weighted by molar-refractivity contribution is 0.0837. The second kappa shape index (κ2) is 6.26. The first-order chi connectivity index (χ1) is 10.5. The average Bonchev–Trinajstić information content (AvgIpc) is 2.70. The third-order valence-corrected chi connectivity index (χ3v) is 5.15. The molecule has 2 fully saturated rings. The van der Waals surface area contributed by atoms with E-state index in [0.717, 1.165) is 37.3 Å². The molecular formula is C17H25N3O2. The van der Waals surface area contributed by atoms with Crippen LogP contribution in [0.2, 0.25) is 0 Å². The number of likely N-dealkylation sites (tertiary alicyclic amines) is 1. The number of likely N-dealkylation sites (N-methyl/N-ethyl adjacent to an activating group) is 1. The molecule has 3 atom stereocenters. The summed E-state index contributed by atoms with van der Waals surface area (Å²) in [4.78, 5) is 15.8. The van der Waals surface area contributed by atoms with Gasteiger partial charge in [-0.15, -0.1) is 0 Å². The van der Waals surface area contributed by atoms with E-state index in [2.05, 4.69) is 34.3 Å². The number of nitrogens with one attached hydrogen (secondary N) is 1. The van der Waals surface area contributed by atoms with Gasteiger partial charge in [0.15, 0.2) is 0 Å². The lowest BCUT2D eigenvalue weighted by atomic mass is 10.1. The van der Waals surface area contributed by atoms with Crippen molar-refractivity contribution in [1.29, 1.82) is 0 Å². The number of nitrogens with zero attached hydrogens (tertiary/aromatic N) is 2. The van der Waals surface area contributed by atoms with Crippen LogP contribution in [0.3, 0.4) is 0 Å². The van der Waals surface area contributed by atoms with Gasteiger partial charge in [0.25, 0.3) is 0 Å². The molecule has 22 heavy (non-hydrogen) atoms. The van der Waals surface area contributed by atoms with Gasteiger partial charge >= 0.3 is 6.09 Å². The van der Waals surface area contributed by atoms with Gasteiger partial charge in [-0.05, 0) is 37.9 Å². The van der Waals surface area contributed by atoms with E-state index in [-0.39, 0.29) is 6.04 Å². The van der Waals surface area contributed by atoms with Gasteiger partial charge < -0.3 is 10.4 Å². The molecule has 5 heteroatoms. The van der Waals surface area contributed by atoms with Crippen molar-refractivity contribution < 1.29 is 9.90 Å². The van der Waals surface area contributed by atoms with Crippen molar-refractivity contribution in [3.05, 3.63) is 35.4 Å². The zero-order chi connectivity index (χ0) is 15.7. The van der Waals surface area contributed by atoms with Crippen molar-refractivity contribution >= 4 is 6.09 Å². The molecule has 3 rings (SSSR count). The largest absolute Gasteiger partial charge is 0.465 e. The van der Waals surface area contributed by atoms with Crippen molar-refractivity contribution in [3.63, 3.8) is 0 Å². The fourth-order valence-electron chi connectivity index (χ4n) is 3.77. The van der Waals surface area contributed by atoms with Crippen LogP contribution >= 0.6 is 0 Å². The fourth-order valence-corrected chi connectivity index (χ4v) is 3.77. The Bertz CT molecular complexity index is 517.